The number of hydrazine groups is 1. The molecule has 17 heavy (non-hydrogen) atoms. The summed E-state index contributed by atoms with van der Waals surface area (Å²) in [7, 11) is 1.74. The Hall–Kier alpha value is -0.970. The van der Waals surface area contributed by atoms with Crippen molar-refractivity contribution in [2.75, 3.05) is 7.11 Å². The first-order chi connectivity index (χ1) is 7.98. The second kappa shape index (κ2) is 6.10. The summed E-state index contributed by atoms with van der Waals surface area (Å²) in [6.07, 6.45) is 3.69. The number of rotatable bonds is 6. The Morgan fingerprint density at radius 2 is 2.24 bits per heavy atom. The third-order valence-corrected chi connectivity index (χ3v) is 3.11. The molecule has 1 rings (SSSR count). The Morgan fingerprint density at radius 1 is 1.53 bits per heavy atom. The van der Waals surface area contributed by atoms with E-state index in [2.05, 4.69) is 30.3 Å². The van der Waals surface area contributed by atoms with Crippen molar-refractivity contribution in [2.24, 2.45) is 5.84 Å². The summed E-state index contributed by atoms with van der Waals surface area (Å²) in [5.41, 5.74) is 4.93. The van der Waals surface area contributed by atoms with Gasteiger partial charge in [0.25, 0.3) is 0 Å². The third kappa shape index (κ3) is 4.42. The summed E-state index contributed by atoms with van der Waals surface area (Å²) in [4.78, 5) is 4.19. The highest BCUT2D eigenvalue weighted by molar-refractivity contribution is 5.19. The van der Waals surface area contributed by atoms with Crippen LogP contribution in [0.15, 0.2) is 18.3 Å². The summed E-state index contributed by atoms with van der Waals surface area (Å²) in [5, 5.41) is 0. The van der Waals surface area contributed by atoms with Gasteiger partial charge in [0.2, 0.25) is 0 Å². The predicted octanol–water partition coefficient (Wildman–Crippen LogP) is 2.10. The van der Waals surface area contributed by atoms with Crippen LogP contribution in [0.4, 0.5) is 0 Å². The Labute approximate surface area is 104 Å². The van der Waals surface area contributed by atoms with Gasteiger partial charge in [-0.05, 0) is 51.3 Å². The molecule has 1 heterocycles. The number of aromatic nitrogens is 1. The molecule has 1 aromatic rings. The van der Waals surface area contributed by atoms with Crippen molar-refractivity contribution in [3.8, 4) is 0 Å². The van der Waals surface area contributed by atoms with Gasteiger partial charge in [-0.2, -0.15) is 0 Å². The maximum absolute atomic E-state index is 5.61. The topological polar surface area (TPSA) is 60.2 Å². The van der Waals surface area contributed by atoms with Crippen molar-refractivity contribution in [3.05, 3.63) is 29.6 Å². The van der Waals surface area contributed by atoms with Crippen LogP contribution in [0.2, 0.25) is 0 Å². The fraction of sp³-hybridized carbons (Fsp3) is 0.615. The van der Waals surface area contributed by atoms with Gasteiger partial charge in [0.1, 0.15) is 0 Å². The van der Waals surface area contributed by atoms with E-state index in [1.54, 1.807) is 7.11 Å². The van der Waals surface area contributed by atoms with Gasteiger partial charge in [0, 0.05) is 25.0 Å². The quantitative estimate of drug-likeness (QED) is 0.587. The van der Waals surface area contributed by atoms with E-state index in [1.807, 2.05) is 19.2 Å². The number of aryl methyl sites for hydroxylation is 1. The number of hydrogen-bond donors (Lipinski definition) is 2. The van der Waals surface area contributed by atoms with E-state index in [9.17, 15) is 0 Å². The van der Waals surface area contributed by atoms with Crippen molar-refractivity contribution in [3.63, 3.8) is 0 Å². The van der Waals surface area contributed by atoms with Crippen LogP contribution < -0.4 is 11.3 Å². The molecule has 0 saturated heterocycles. The zero-order valence-electron chi connectivity index (χ0n) is 11.2. The molecule has 0 aliphatic heterocycles. The molecule has 3 N–H and O–H groups in total. The van der Waals surface area contributed by atoms with Crippen molar-refractivity contribution in [1.82, 2.24) is 10.4 Å². The highest BCUT2D eigenvalue weighted by Crippen LogP contribution is 2.23. The van der Waals surface area contributed by atoms with Crippen LogP contribution in [-0.4, -0.2) is 17.7 Å². The molecule has 0 spiro atoms. The number of nitrogens with two attached hydrogens (primary N) is 1. The smallest absolute Gasteiger partial charge is 0.0623 e. The number of hydrogen-bond acceptors (Lipinski definition) is 4. The predicted molar refractivity (Wildman–Crippen MR) is 69.4 cm³/mol. The minimum absolute atomic E-state index is 0.114. The normalized spacial score (nSPS) is 13.7. The van der Waals surface area contributed by atoms with Crippen LogP contribution in [0, 0.1) is 6.92 Å². The van der Waals surface area contributed by atoms with E-state index in [1.165, 1.54) is 5.56 Å². The molecule has 0 fully saturated rings. The molecule has 1 unspecified atom stereocenters. The molecule has 1 aromatic heterocycles. The van der Waals surface area contributed by atoms with Crippen molar-refractivity contribution in [1.29, 1.82) is 0 Å². The fourth-order valence-corrected chi connectivity index (χ4v) is 1.72. The van der Waals surface area contributed by atoms with Gasteiger partial charge in [-0.15, -0.1) is 0 Å². The molecule has 0 bridgehead atoms. The second-order valence-corrected chi connectivity index (χ2v) is 4.95. The van der Waals surface area contributed by atoms with Crippen molar-refractivity contribution >= 4 is 0 Å². The standard InChI is InChI=1S/C13H23N3O/c1-10-9-11(6-8-15-10)12(16-14)5-7-13(2,3)17-4/h6,8-9,12,16H,5,7,14H2,1-4H3. The SMILES string of the molecule is COC(C)(C)CCC(NN)c1ccnc(C)c1. The molecule has 1 atom stereocenters. The summed E-state index contributed by atoms with van der Waals surface area (Å²) in [6.45, 7) is 6.15. The van der Waals surface area contributed by atoms with Crippen molar-refractivity contribution in [2.45, 2.75) is 45.3 Å². The van der Waals surface area contributed by atoms with Gasteiger partial charge in [-0.3, -0.25) is 16.3 Å². The molecule has 96 valence electrons. The Morgan fingerprint density at radius 3 is 2.76 bits per heavy atom. The lowest BCUT2D eigenvalue weighted by atomic mass is 9.95. The molecule has 4 nitrogen and oxygen atoms in total. The number of pyridine rings is 1. The molecule has 0 radical (unpaired) electrons. The number of nitrogens with zero attached hydrogens (tertiary/aromatic N) is 1. The Kier molecular flexibility index (Phi) is 5.05. The summed E-state index contributed by atoms with van der Waals surface area (Å²) in [6, 6.07) is 4.20. The molecule has 0 aliphatic carbocycles. The van der Waals surface area contributed by atoms with Gasteiger partial charge in [-0.1, -0.05) is 0 Å². The van der Waals surface area contributed by atoms with Crippen LogP contribution in [0.5, 0.6) is 0 Å². The second-order valence-electron chi connectivity index (χ2n) is 4.95. The van der Waals surface area contributed by atoms with E-state index in [0.717, 1.165) is 18.5 Å². The van der Waals surface area contributed by atoms with Crippen LogP contribution in [0.3, 0.4) is 0 Å². The van der Waals surface area contributed by atoms with Gasteiger partial charge in [0.05, 0.1) is 5.60 Å². The average Bonchev–Trinajstić information content (AvgIpc) is 2.30. The summed E-state index contributed by atoms with van der Waals surface area (Å²) >= 11 is 0. The number of nitrogens with one attached hydrogen (secondary N) is 1. The first-order valence-electron chi connectivity index (χ1n) is 5.92. The van der Waals surface area contributed by atoms with Crippen molar-refractivity contribution < 1.29 is 4.74 Å². The van der Waals surface area contributed by atoms with Gasteiger partial charge < -0.3 is 4.74 Å². The number of methoxy groups -OCH3 is 1. The molecular weight excluding hydrogens is 214 g/mol. The van der Waals surface area contributed by atoms with E-state index >= 15 is 0 Å². The fourth-order valence-electron chi connectivity index (χ4n) is 1.72. The largest absolute Gasteiger partial charge is 0.379 e. The Balaban J connectivity index is 2.66. The van der Waals surface area contributed by atoms with Crippen LogP contribution >= 0.6 is 0 Å². The van der Waals surface area contributed by atoms with Crippen LogP contribution in [-0.2, 0) is 4.74 Å². The molecular formula is C13H23N3O. The maximum atomic E-state index is 5.61. The third-order valence-electron chi connectivity index (χ3n) is 3.11. The summed E-state index contributed by atoms with van der Waals surface area (Å²) in [5.74, 6) is 5.61. The lowest BCUT2D eigenvalue weighted by Gasteiger charge is -2.25. The van der Waals surface area contributed by atoms with Crippen LogP contribution in [0.1, 0.15) is 44.0 Å². The molecule has 0 aromatic carbocycles. The van der Waals surface area contributed by atoms with E-state index < -0.39 is 0 Å². The van der Waals surface area contributed by atoms with Crippen LogP contribution in [0.25, 0.3) is 0 Å². The van der Waals surface area contributed by atoms with E-state index in [-0.39, 0.29) is 11.6 Å². The molecule has 0 saturated carbocycles. The van der Waals surface area contributed by atoms with Gasteiger partial charge in [-0.25, -0.2) is 0 Å². The first kappa shape index (κ1) is 14.1. The lowest BCUT2D eigenvalue weighted by molar-refractivity contribution is 0.0117. The lowest BCUT2D eigenvalue weighted by Crippen LogP contribution is -2.31. The van der Waals surface area contributed by atoms with E-state index in [4.69, 9.17) is 10.6 Å². The minimum atomic E-state index is -0.114. The zero-order chi connectivity index (χ0) is 12.9. The molecule has 0 aliphatic rings. The van der Waals surface area contributed by atoms with E-state index in [0.29, 0.717) is 0 Å². The zero-order valence-corrected chi connectivity index (χ0v) is 11.2. The highest BCUT2D eigenvalue weighted by atomic mass is 16.5. The summed E-state index contributed by atoms with van der Waals surface area (Å²) < 4.78 is 5.41. The molecule has 0 amide bonds. The monoisotopic (exact) mass is 237 g/mol. The Bertz CT molecular complexity index is 352. The minimum Gasteiger partial charge on any atom is -0.379 e. The molecule has 4 heteroatoms. The maximum Gasteiger partial charge on any atom is 0.0623 e. The number of ether oxygens (including phenoxy) is 1. The van der Waals surface area contributed by atoms with Gasteiger partial charge in [0.15, 0.2) is 0 Å². The highest BCUT2D eigenvalue weighted by Gasteiger charge is 2.19. The average molecular weight is 237 g/mol. The first-order valence-corrected chi connectivity index (χ1v) is 5.92. The van der Waals surface area contributed by atoms with Gasteiger partial charge >= 0.3 is 0 Å².